The lowest BCUT2D eigenvalue weighted by Crippen LogP contribution is -2.49. The molecule has 118 valence electrons. The number of anilines is 1. The molecule has 3 rings (SSSR count). The van der Waals surface area contributed by atoms with Crippen molar-refractivity contribution in [2.75, 3.05) is 31.1 Å². The standard InChI is InChI=1S/C18H20N4O/c1-15(14-16-6-3-2-4-7-16)17(23)21-10-12-22(13-11-21)18-19-8-5-9-20-18/h2-9,14H,10-13H2,1H3/b15-14+. The minimum Gasteiger partial charge on any atom is -0.337 e. The van der Waals surface area contributed by atoms with Crippen molar-refractivity contribution in [3.63, 3.8) is 0 Å². The van der Waals surface area contributed by atoms with Gasteiger partial charge >= 0.3 is 0 Å². The summed E-state index contributed by atoms with van der Waals surface area (Å²) in [6, 6.07) is 11.7. The minimum atomic E-state index is 0.0995. The summed E-state index contributed by atoms with van der Waals surface area (Å²) >= 11 is 0. The van der Waals surface area contributed by atoms with Crippen LogP contribution < -0.4 is 4.90 Å². The molecule has 1 amide bonds. The number of rotatable bonds is 3. The summed E-state index contributed by atoms with van der Waals surface area (Å²) in [6.07, 6.45) is 5.42. The quantitative estimate of drug-likeness (QED) is 0.816. The summed E-state index contributed by atoms with van der Waals surface area (Å²) in [7, 11) is 0. The Hall–Kier alpha value is -2.69. The fourth-order valence-corrected chi connectivity index (χ4v) is 2.67. The van der Waals surface area contributed by atoms with Crippen molar-refractivity contribution in [1.29, 1.82) is 0 Å². The first-order valence-corrected chi connectivity index (χ1v) is 7.78. The molecule has 1 saturated heterocycles. The van der Waals surface area contributed by atoms with E-state index in [1.54, 1.807) is 18.5 Å². The second-order valence-corrected chi connectivity index (χ2v) is 5.57. The van der Waals surface area contributed by atoms with Crippen molar-refractivity contribution in [2.24, 2.45) is 0 Å². The molecule has 0 aliphatic carbocycles. The normalized spacial score (nSPS) is 15.6. The van der Waals surface area contributed by atoms with E-state index in [9.17, 15) is 4.79 Å². The van der Waals surface area contributed by atoms with Crippen molar-refractivity contribution < 1.29 is 4.79 Å². The number of nitrogens with zero attached hydrogens (tertiary/aromatic N) is 4. The summed E-state index contributed by atoms with van der Waals surface area (Å²) < 4.78 is 0. The van der Waals surface area contributed by atoms with E-state index < -0.39 is 0 Å². The maximum atomic E-state index is 12.6. The van der Waals surface area contributed by atoms with Gasteiger partial charge in [-0.3, -0.25) is 4.79 Å². The molecule has 0 saturated carbocycles. The van der Waals surface area contributed by atoms with Crippen LogP contribution in [0.4, 0.5) is 5.95 Å². The minimum absolute atomic E-state index is 0.0995. The van der Waals surface area contributed by atoms with Crippen LogP contribution in [0.5, 0.6) is 0 Å². The van der Waals surface area contributed by atoms with E-state index in [-0.39, 0.29) is 5.91 Å². The molecular weight excluding hydrogens is 288 g/mol. The summed E-state index contributed by atoms with van der Waals surface area (Å²) in [6.45, 7) is 4.78. The van der Waals surface area contributed by atoms with E-state index in [2.05, 4.69) is 14.9 Å². The van der Waals surface area contributed by atoms with Gasteiger partial charge in [0.15, 0.2) is 0 Å². The first-order chi connectivity index (χ1) is 11.2. The first kappa shape index (κ1) is 15.2. The van der Waals surface area contributed by atoms with Crippen LogP contribution in [0.3, 0.4) is 0 Å². The predicted octanol–water partition coefficient (Wildman–Crippen LogP) is 2.23. The van der Waals surface area contributed by atoms with Gasteiger partial charge in [-0.1, -0.05) is 30.3 Å². The zero-order valence-electron chi connectivity index (χ0n) is 13.2. The number of amides is 1. The van der Waals surface area contributed by atoms with Crippen LogP contribution in [0, 0.1) is 0 Å². The van der Waals surface area contributed by atoms with Gasteiger partial charge in [-0.25, -0.2) is 9.97 Å². The molecule has 2 aromatic rings. The average molecular weight is 308 g/mol. The summed E-state index contributed by atoms with van der Waals surface area (Å²) in [4.78, 5) is 25.1. The Labute approximate surface area is 136 Å². The summed E-state index contributed by atoms with van der Waals surface area (Å²) in [5.74, 6) is 0.832. The molecule has 0 bridgehead atoms. The second kappa shape index (κ2) is 7.05. The molecular formula is C18H20N4O. The number of carbonyl (C=O) groups is 1. The molecule has 0 unspecified atom stereocenters. The lowest BCUT2D eigenvalue weighted by atomic mass is 10.1. The Balaban J connectivity index is 1.61. The van der Waals surface area contributed by atoms with E-state index in [0.717, 1.165) is 30.2 Å². The number of benzene rings is 1. The number of hydrogen-bond acceptors (Lipinski definition) is 4. The van der Waals surface area contributed by atoms with Gasteiger partial charge in [0.1, 0.15) is 0 Å². The highest BCUT2D eigenvalue weighted by Gasteiger charge is 2.23. The van der Waals surface area contributed by atoms with Crippen LogP contribution in [-0.4, -0.2) is 47.0 Å². The molecule has 1 aromatic carbocycles. The lowest BCUT2D eigenvalue weighted by molar-refractivity contribution is -0.127. The molecule has 2 heterocycles. The molecule has 1 aliphatic rings. The van der Waals surface area contributed by atoms with Gasteiger partial charge in [-0.05, 0) is 24.6 Å². The zero-order valence-corrected chi connectivity index (χ0v) is 13.2. The Kier molecular flexibility index (Phi) is 4.66. The van der Waals surface area contributed by atoms with Crippen LogP contribution >= 0.6 is 0 Å². The van der Waals surface area contributed by atoms with Crippen molar-refractivity contribution in [3.8, 4) is 0 Å². The van der Waals surface area contributed by atoms with Crippen LogP contribution in [0.1, 0.15) is 12.5 Å². The fraction of sp³-hybridized carbons (Fsp3) is 0.278. The van der Waals surface area contributed by atoms with Crippen molar-refractivity contribution in [2.45, 2.75) is 6.92 Å². The Morgan fingerprint density at radius 3 is 2.30 bits per heavy atom. The van der Waals surface area contributed by atoms with Crippen molar-refractivity contribution >= 4 is 17.9 Å². The lowest BCUT2D eigenvalue weighted by Gasteiger charge is -2.34. The average Bonchev–Trinajstić information content (AvgIpc) is 2.63. The van der Waals surface area contributed by atoms with Crippen LogP contribution in [0.2, 0.25) is 0 Å². The first-order valence-electron chi connectivity index (χ1n) is 7.78. The third-order valence-corrected chi connectivity index (χ3v) is 3.92. The smallest absolute Gasteiger partial charge is 0.249 e. The van der Waals surface area contributed by atoms with Crippen LogP contribution in [-0.2, 0) is 4.79 Å². The van der Waals surface area contributed by atoms with Crippen LogP contribution in [0.15, 0.2) is 54.4 Å². The van der Waals surface area contributed by atoms with Gasteiger partial charge in [0.05, 0.1) is 0 Å². The second-order valence-electron chi connectivity index (χ2n) is 5.57. The van der Waals surface area contributed by atoms with E-state index in [4.69, 9.17) is 0 Å². The SMILES string of the molecule is C/C(=C\c1ccccc1)C(=O)N1CCN(c2ncccn2)CC1. The molecule has 5 heteroatoms. The third kappa shape index (κ3) is 3.74. The molecule has 0 atom stereocenters. The highest BCUT2D eigenvalue weighted by Crippen LogP contribution is 2.13. The number of piperazine rings is 1. The van der Waals surface area contributed by atoms with Gasteiger partial charge < -0.3 is 9.80 Å². The van der Waals surface area contributed by atoms with E-state index >= 15 is 0 Å². The van der Waals surface area contributed by atoms with Gasteiger partial charge in [-0.2, -0.15) is 0 Å². The van der Waals surface area contributed by atoms with Crippen LogP contribution in [0.25, 0.3) is 6.08 Å². The molecule has 0 spiro atoms. The maximum Gasteiger partial charge on any atom is 0.249 e. The third-order valence-electron chi connectivity index (χ3n) is 3.92. The van der Waals surface area contributed by atoms with Crippen molar-refractivity contribution in [3.05, 3.63) is 59.9 Å². The van der Waals surface area contributed by atoms with Gasteiger partial charge in [0, 0.05) is 44.1 Å². The molecule has 1 fully saturated rings. The number of aromatic nitrogens is 2. The Morgan fingerprint density at radius 2 is 1.65 bits per heavy atom. The van der Waals surface area contributed by atoms with E-state index in [1.165, 1.54) is 0 Å². The molecule has 0 N–H and O–H groups in total. The molecule has 1 aromatic heterocycles. The summed E-state index contributed by atoms with van der Waals surface area (Å²) in [5.41, 5.74) is 1.82. The molecule has 5 nitrogen and oxygen atoms in total. The molecule has 23 heavy (non-hydrogen) atoms. The highest BCUT2D eigenvalue weighted by atomic mass is 16.2. The van der Waals surface area contributed by atoms with Crippen molar-refractivity contribution in [1.82, 2.24) is 14.9 Å². The van der Waals surface area contributed by atoms with Gasteiger partial charge in [0.25, 0.3) is 0 Å². The monoisotopic (exact) mass is 308 g/mol. The van der Waals surface area contributed by atoms with E-state index in [0.29, 0.717) is 13.1 Å². The zero-order chi connectivity index (χ0) is 16.1. The van der Waals surface area contributed by atoms with Gasteiger partial charge in [0.2, 0.25) is 11.9 Å². The Morgan fingerprint density at radius 1 is 1.00 bits per heavy atom. The predicted molar refractivity (Wildman–Crippen MR) is 90.9 cm³/mol. The molecule has 1 aliphatic heterocycles. The number of carbonyl (C=O) groups excluding carboxylic acids is 1. The van der Waals surface area contributed by atoms with E-state index in [1.807, 2.05) is 48.2 Å². The fourth-order valence-electron chi connectivity index (χ4n) is 2.67. The summed E-state index contributed by atoms with van der Waals surface area (Å²) in [5, 5.41) is 0. The largest absolute Gasteiger partial charge is 0.337 e. The highest BCUT2D eigenvalue weighted by molar-refractivity contribution is 5.97. The number of hydrogen-bond donors (Lipinski definition) is 0. The molecule has 0 radical (unpaired) electrons. The topological polar surface area (TPSA) is 49.3 Å². The Bertz CT molecular complexity index is 677. The maximum absolute atomic E-state index is 12.6. The van der Waals surface area contributed by atoms with Gasteiger partial charge in [-0.15, -0.1) is 0 Å².